The summed E-state index contributed by atoms with van der Waals surface area (Å²) >= 11 is 6.53. The van der Waals surface area contributed by atoms with Crippen LogP contribution in [0.5, 0.6) is 0 Å². The number of rotatable bonds is 10. The lowest BCUT2D eigenvalue weighted by Crippen LogP contribution is -2.35. The molecule has 2 aromatic rings. The molecule has 0 bridgehead atoms. The number of morpholine rings is 1. The van der Waals surface area contributed by atoms with Crippen molar-refractivity contribution in [1.29, 1.82) is 0 Å². The average Bonchev–Trinajstić information content (AvgIpc) is 2.79. The number of nitrogens with zero attached hydrogens (tertiary/aromatic N) is 1. The summed E-state index contributed by atoms with van der Waals surface area (Å²) in [7, 11) is 0. The standard InChI is InChI=1S/C29H41ClN2O2/c1-5-6-7-10-23(24-11-8-9-12-26(24)30)20-28(33)31-27-19-22(13-14-25(27)29(2,3)4)21-32-15-17-34-18-16-32/h8-9,11-14,19,23H,5-7,10,15-18,20-21H2,1-4H3,(H,31,33). The van der Waals surface area contributed by atoms with Crippen molar-refractivity contribution in [3.05, 3.63) is 64.2 Å². The molecule has 0 aliphatic carbocycles. The highest BCUT2D eigenvalue weighted by Crippen LogP contribution is 2.34. The SMILES string of the molecule is CCCCCC(CC(=O)Nc1cc(CN2CCOCC2)ccc1C(C)(C)C)c1ccccc1Cl. The highest BCUT2D eigenvalue weighted by Gasteiger charge is 2.23. The second-order valence-electron chi connectivity index (χ2n) is 10.5. The first-order chi connectivity index (χ1) is 16.3. The largest absolute Gasteiger partial charge is 0.379 e. The molecule has 1 atom stereocenters. The molecule has 0 aromatic heterocycles. The highest BCUT2D eigenvalue weighted by atomic mass is 35.5. The van der Waals surface area contributed by atoms with Gasteiger partial charge in [-0.3, -0.25) is 9.69 Å². The first kappa shape index (κ1) is 26.7. The zero-order valence-corrected chi connectivity index (χ0v) is 22.1. The molecule has 1 heterocycles. The third-order valence-electron chi connectivity index (χ3n) is 6.61. The van der Waals surface area contributed by atoms with Crippen molar-refractivity contribution in [3.8, 4) is 0 Å². The van der Waals surface area contributed by atoms with E-state index >= 15 is 0 Å². The highest BCUT2D eigenvalue weighted by molar-refractivity contribution is 6.31. The summed E-state index contributed by atoms with van der Waals surface area (Å²) in [5, 5.41) is 4.03. The Morgan fingerprint density at radius 3 is 2.53 bits per heavy atom. The predicted octanol–water partition coefficient (Wildman–Crippen LogP) is 7.16. The van der Waals surface area contributed by atoms with E-state index in [-0.39, 0.29) is 17.2 Å². The molecule has 2 aromatic carbocycles. The van der Waals surface area contributed by atoms with Crippen molar-refractivity contribution in [3.63, 3.8) is 0 Å². The number of carbonyl (C=O) groups is 1. The van der Waals surface area contributed by atoms with E-state index in [9.17, 15) is 4.79 Å². The van der Waals surface area contributed by atoms with Gasteiger partial charge in [-0.1, -0.05) is 88.9 Å². The molecule has 1 fully saturated rings. The summed E-state index contributed by atoms with van der Waals surface area (Å²) < 4.78 is 5.49. The Bertz CT molecular complexity index is 932. The van der Waals surface area contributed by atoms with Crippen LogP contribution in [0.15, 0.2) is 42.5 Å². The van der Waals surface area contributed by atoms with E-state index in [0.717, 1.165) is 73.9 Å². The van der Waals surface area contributed by atoms with Gasteiger partial charge >= 0.3 is 0 Å². The Balaban J connectivity index is 1.78. The van der Waals surface area contributed by atoms with Crippen LogP contribution in [-0.4, -0.2) is 37.1 Å². The fourth-order valence-corrected chi connectivity index (χ4v) is 4.99. The van der Waals surface area contributed by atoms with Crippen molar-refractivity contribution >= 4 is 23.2 Å². The van der Waals surface area contributed by atoms with Crippen LogP contribution in [0.2, 0.25) is 5.02 Å². The first-order valence-corrected chi connectivity index (χ1v) is 13.1. The monoisotopic (exact) mass is 484 g/mol. The summed E-state index contributed by atoms with van der Waals surface area (Å²) in [6.07, 6.45) is 4.83. The zero-order valence-electron chi connectivity index (χ0n) is 21.3. The second-order valence-corrected chi connectivity index (χ2v) is 10.9. The summed E-state index contributed by atoms with van der Waals surface area (Å²) in [5.74, 6) is 0.172. The lowest BCUT2D eigenvalue weighted by Gasteiger charge is -2.28. The van der Waals surface area contributed by atoms with Crippen molar-refractivity contribution in [2.45, 2.75) is 77.7 Å². The van der Waals surface area contributed by atoms with Gasteiger partial charge in [-0.2, -0.15) is 0 Å². The molecule has 1 aliphatic rings. The minimum Gasteiger partial charge on any atom is -0.379 e. The Hall–Kier alpha value is -1.88. The van der Waals surface area contributed by atoms with Crippen molar-refractivity contribution in [1.82, 2.24) is 4.90 Å². The van der Waals surface area contributed by atoms with Crippen LogP contribution in [0.4, 0.5) is 5.69 Å². The molecule has 4 nitrogen and oxygen atoms in total. The normalized spacial score (nSPS) is 15.8. The van der Waals surface area contributed by atoms with Crippen LogP contribution in [0.25, 0.3) is 0 Å². The quantitative estimate of drug-likeness (QED) is 0.363. The first-order valence-electron chi connectivity index (χ1n) is 12.8. The number of carbonyl (C=O) groups excluding carboxylic acids is 1. The molecule has 0 radical (unpaired) electrons. The molecule has 1 saturated heterocycles. The number of amides is 1. The number of benzene rings is 2. The number of ether oxygens (including phenoxy) is 1. The van der Waals surface area contributed by atoms with Gasteiger partial charge < -0.3 is 10.1 Å². The van der Waals surface area contributed by atoms with E-state index in [4.69, 9.17) is 16.3 Å². The minimum absolute atomic E-state index is 0.0513. The van der Waals surface area contributed by atoms with Crippen molar-refractivity contribution in [2.24, 2.45) is 0 Å². The van der Waals surface area contributed by atoms with E-state index in [1.165, 1.54) is 12.0 Å². The van der Waals surface area contributed by atoms with Gasteiger partial charge in [0.15, 0.2) is 0 Å². The van der Waals surface area contributed by atoms with Gasteiger partial charge in [-0.15, -0.1) is 0 Å². The van der Waals surface area contributed by atoms with Crippen LogP contribution in [0, 0.1) is 0 Å². The van der Waals surface area contributed by atoms with E-state index in [0.29, 0.717) is 6.42 Å². The van der Waals surface area contributed by atoms with Gasteiger partial charge in [0.1, 0.15) is 0 Å². The van der Waals surface area contributed by atoms with Crippen LogP contribution >= 0.6 is 11.6 Å². The van der Waals surface area contributed by atoms with Gasteiger partial charge in [-0.25, -0.2) is 0 Å². The fourth-order valence-electron chi connectivity index (χ4n) is 4.70. The Morgan fingerprint density at radius 2 is 1.85 bits per heavy atom. The Kier molecular flexibility index (Phi) is 9.99. The van der Waals surface area contributed by atoms with E-state index < -0.39 is 0 Å². The lowest BCUT2D eigenvalue weighted by atomic mass is 9.85. The Labute approximate surface area is 211 Å². The molecule has 1 N–H and O–H groups in total. The van der Waals surface area contributed by atoms with Crippen LogP contribution in [0.3, 0.4) is 0 Å². The number of nitrogens with one attached hydrogen (secondary N) is 1. The number of halogens is 1. The molecule has 186 valence electrons. The predicted molar refractivity (Wildman–Crippen MR) is 143 cm³/mol. The molecule has 34 heavy (non-hydrogen) atoms. The molecular weight excluding hydrogens is 444 g/mol. The van der Waals surface area contributed by atoms with Gasteiger partial charge in [0, 0.05) is 36.8 Å². The molecule has 0 spiro atoms. The third kappa shape index (κ3) is 7.83. The summed E-state index contributed by atoms with van der Waals surface area (Å²) in [4.78, 5) is 15.7. The van der Waals surface area contributed by atoms with E-state index in [1.807, 2.05) is 18.2 Å². The molecule has 5 heteroatoms. The smallest absolute Gasteiger partial charge is 0.224 e. The average molecular weight is 485 g/mol. The number of hydrogen-bond donors (Lipinski definition) is 1. The fraction of sp³-hybridized carbons (Fsp3) is 0.552. The number of anilines is 1. The summed E-state index contributed by atoms with van der Waals surface area (Å²) in [6, 6.07) is 14.5. The summed E-state index contributed by atoms with van der Waals surface area (Å²) in [6.45, 7) is 13.1. The van der Waals surface area contributed by atoms with Gasteiger partial charge in [0.05, 0.1) is 13.2 Å². The van der Waals surface area contributed by atoms with Crippen LogP contribution in [0.1, 0.15) is 82.4 Å². The Morgan fingerprint density at radius 1 is 1.12 bits per heavy atom. The maximum Gasteiger partial charge on any atom is 0.224 e. The number of hydrogen-bond acceptors (Lipinski definition) is 3. The summed E-state index contributed by atoms with van der Waals surface area (Å²) in [5.41, 5.74) is 4.31. The van der Waals surface area contributed by atoms with E-state index in [2.05, 4.69) is 62.2 Å². The van der Waals surface area contributed by atoms with Crippen molar-refractivity contribution in [2.75, 3.05) is 31.6 Å². The second kappa shape index (κ2) is 12.7. The molecular formula is C29H41ClN2O2. The van der Waals surface area contributed by atoms with E-state index in [1.54, 1.807) is 0 Å². The van der Waals surface area contributed by atoms with Gasteiger partial charge in [0.25, 0.3) is 0 Å². The van der Waals surface area contributed by atoms with Gasteiger partial charge in [-0.05, 0) is 46.6 Å². The molecule has 0 saturated carbocycles. The minimum atomic E-state index is -0.0661. The maximum absolute atomic E-state index is 13.3. The zero-order chi connectivity index (χ0) is 24.6. The molecule has 1 aliphatic heterocycles. The molecule has 3 rings (SSSR count). The maximum atomic E-state index is 13.3. The topological polar surface area (TPSA) is 41.6 Å². The third-order valence-corrected chi connectivity index (χ3v) is 6.95. The van der Waals surface area contributed by atoms with Crippen LogP contribution in [-0.2, 0) is 21.5 Å². The van der Waals surface area contributed by atoms with Crippen molar-refractivity contribution < 1.29 is 9.53 Å². The molecule has 1 unspecified atom stereocenters. The van der Waals surface area contributed by atoms with Crippen LogP contribution < -0.4 is 5.32 Å². The lowest BCUT2D eigenvalue weighted by molar-refractivity contribution is -0.116. The number of unbranched alkanes of at least 4 members (excludes halogenated alkanes) is 2. The molecule has 1 amide bonds. The van der Waals surface area contributed by atoms with Gasteiger partial charge in [0.2, 0.25) is 5.91 Å².